The third-order valence-corrected chi connectivity index (χ3v) is 4.84. The highest BCUT2D eigenvalue weighted by Gasteiger charge is 2.19. The van der Waals surface area contributed by atoms with Crippen LogP contribution in [0.4, 0.5) is 5.69 Å². The molecule has 0 unspecified atom stereocenters. The minimum absolute atomic E-state index is 0.0103. The molecule has 1 aromatic heterocycles. The van der Waals surface area contributed by atoms with Crippen molar-refractivity contribution in [2.24, 2.45) is 0 Å². The van der Waals surface area contributed by atoms with Crippen molar-refractivity contribution in [2.75, 3.05) is 18.5 Å². The molecule has 1 N–H and O–H groups in total. The van der Waals surface area contributed by atoms with Gasteiger partial charge in [-0.25, -0.2) is 0 Å². The van der Waals surface area contributed by atoms with Crippen LogP contribution in [0, 0.1) is 6.92 Å². The number of rotatable bonds is 7. The molecular formula is C26H23NO5. The van der Waals surface area contributed by atoms with Crippen LogP contribution in [0.5, 0.6) is 11.5 Å². The van der Waals surface area contributed by atoms with Crippen LogP contribution in [0.25, 0.3) is 22.3 Å². The average molecular weight is 429 g/mol. The molecule has 0 saturated heterocycles. The predicted octanol–water partition coefficient (Wildman–Crippen LogP) is 5.18. The second-order valence-corrected chi connectivity index (χ2v) is 7.25. The van der Waals surface area contributed by atoms with Crippen LogP contribution in [0.1, 0.15) is 12.5 Å². The number of amides is 1. The summed E-state index contributed by atoms with van der Waals surface area (Å²) in [7, 11) is 0. The van der Waals surface area contributed by atoms with Crippen molar-refractivity contribution in [3.8, 4) is 22.8 Å². The molecule has 0 aliphatic heterocycles. The number of aryl methyl sites for hydroxylation is 1. The van der Waals surface area contributed by atoms with E-state index in [0.717, 1.165) is 11.3 Å². The number of ether oxygens (including phenoxy) is 2. The van der Waals surface area contributed by atoms with Crippen molar-refractivity contribution in [3.63, 3.8) is 0 Å². The standard InChI is InChI=1S/C26H23NO5/c1-3-30-20-12-10-19(11-13-20)27-23(28)16-31-26-24(29)21-15-17(2)9-14-22(21)32-25(26)18-7-5-4-6-8-18/h4-15H,3,16H2,1-2H3,(H,27,28). The molecule has 4 aromatic rings. The van der Waals surface area contributed by atoms with Crippen LogP contribution in [-0.2, 0) is 4.79 Å². The van der Waals surface area contributed by atoms with Gasteiger partial charge in [0.1, 0.15) is 11.3 Å². The molecule has 32 heavy (non-hydrogen) atoms. The maximum absolute atomic E-state index is 13.2. The number of anilines is 1. The van der Waals surface area contributed by atoms with Gasteiger partial charge in [-0.15, -0.1) is 0 Å². The van der Waals surface area contributed by atoms with Crippen molar-refractivity contribution >= 4 is 22.6 Å². The lowest BCUT2D eigenvalue weighted by Gasteiger charge is -2.12. The van der Waals surface area contributed by atoms with Crippen molar-refractivity contribution in [3.05, 3.63) is 88.6 Å². The topological polar surface area (TPSA) is 77.8 Å². The van der Waals surface area contributed by atoms with Gasteiger partial charge in [0.05, 0.1) is 12.0 Å². The third kappa shape index (κ3) is 4.64. The van der Waals surface area contributed by atoms with Crippen LogP contribution >= 0.6 is 0 Å². The Hall–Kier alpha value is -4.06. The number of hydrogen-bond acceptors (Lipinski definition) is 5. The molecule has 0 spiro atoms. The van der Waals surface area contributed by atoms with E-state index in [0.29, 0.717) is 34.6 Å². The molecule has 0 saturated carbocycles. The lowest BCUT2D eigenvalue weighted by Crippen LogP contribution is -2.22. The maximum Gasteiger partial charge on any atom is 0.262 e. The molecule has 1 amide bonds. The Kier molecular flexibility index (Phi) is 6.22. The minimum atomic E-state index is -0.392. The van der Waals surface area contributed by atoms with Gasteiger partial charge in [-0.3, -0.25) is 9.59 Å². The number of nitrogens with one attached hydrogen (secondary N) is 1. The summed E-state index contributed by atoms with van der Waals surface area (Å²) in [5, 5.41) is 3.16. The summed E-state index contributed by atoms with van der Waals surface area (Å²) in [6.07, 6.45) is 0. The van der Waals surface area contributed by atoms with Gasteiger partial charge >= 0.3 is 0 Å². The smallest absolute Gasteiger partial charge is 0.262 e. The van der Waals surface area contributed by atoms with Crippen molar-refractivity contribution in [1.82, 2.24) is 0 Å². The van der Waals surface area contributed by atoms with E-state index in [1.54, 1.807) is 36.4 Å². The van der Waals surface area contributed by atoms with Gasteiger partial charge in [-0.05, 0) is 50.2 Å². The molecule has 162 valence electrons. The first-order chi connectivity index (χ1) is 15.5. The zero-order valence-corrected chi connectivity index (χ0v) is 17.9. The monoisotopic (exact) mass is 429 g/mol. The first-order valence-electron chi connectivity index (χ1n) is 10.3. The van der Waals surface area contributed by atoms with E-state index in [2.05, 4.69) is 5.32 Å². The highest BCUT2D eigenvalue weighted by Crippen LogP contribution is 2.31. The quantitative estimate of drug-likeness (QED) is 0.438. The lowest BCUT2D eigenvalue weighted by molar-refractivity contribution is -0.118. The Balaban J connectivity index is 1.60. The fourth-order valence-corrected chi connectivity index (χ4v) is 3.34. The fourth-order valence-electron chi connectivity index (χ4n) is 3.34. The van der Waals surface area contributed by atoms with Gasteiger partial charge in [0.2, 0.25) is 11.2 Å². The lowest BCUT2D eigenvalue weighted by atomic mass is 10.1. The van der Waals surface area contributed by atoms with Crippen LogP contribution in [0.3, 0.4) is 0 Å². The molecule has 6 nitrogen and oxygen atoms in total. The molecule has 0 bridgehead atoms. The van der Waals surface area contributed by atoms with E-state index in [1.165, 1.54) is 0 Å². The second-order valence-electron chi connectivity index (χ2n) is 7.25. The van der Waals surface area contributed by atoms with Gasteiger partial charge in [-0.1, -0.05) is 42.0 Å². The molecule has 1 heterocycles. The largest absolute Gasteiger partial charge is 0.494 e. The molecule has 0 fully saturated rings. The zero-order chi connectivity index (χ0) is 22.5. The van der Waals surface area contributed by atoms with Crippen LogP contribution in [0.2, 0.25) is 0 Å². The first kappa shape index (κ1) is 21.2. The Morgan fingerprint density at radius 2 is 1.72 bits per heavy atom. The van der Waals surface area contributed by atoms with Gasteiger partial charge in [-0.2, -0.15) is 0 Å². The normalized spacial score (nSPS) is 10.7. The van der Waals surface area contributed by atoms with E-state index >= 15 is 0 Å². The summed E-state index contributed by atoms with van der Waals surface area (Å²) in [5.74, 6) is 0.632. The average Bonchev–Trinajstić information content (AvgIpc) is 2.81. The summed E-state index contributed by atoms with van der Waals surface area (Å²) in [6, 6.07) is 21.6. The number of hydrogen-bond donors (Lipinski definition) is 1. The summed E-state index contributed by atoms with van der Waals surface area (Å²) < 4.78 is 17.2. The maximum atomic E-state index is 13.2. The van der Waals surface area contributed by atoms with Crippen LogP contribution in [0.15, 0.2) is 82.0 Å². The zero-order valence-electron chi connectivity index (χ0n) is 17.9. The Morgan fingerprint density at radius 3 is 2.44 bits per heavy atom. The first-order valence-corrected chi connectivity index (χ1v) is 10.3. The number of fused-ring (bicyclic) bond motifs is 1. The third-order valence-electron chi connectivity index (χ3n) is 4.84. The van der Waals surface area contributed by atoms with E-state index < -0.39 is 5.91 Å². The van der Waals surface area contributed by atoms with E-state index in [-0.39, 0.29) is 17.8 Å². The predicted molar refractivity (Wildman–Crippen MR) is 124 cm³/mol. The van der Waals surface area contributed by atoms with Crippen molar-refractivity contribution in [1.29, 1.82) is 0 Å². The molecule has 0 aliphatic carbocycles. The van der Waals surface area contributed by atoms with Crippen LogP contribution in [-0.4, -0.2) is 19.1 Å². The summed E-state index contributed by atoms with van der Waals surface area (Å²) in [4.78, 5) is 25.7. The summed E-state index contributed by atoms with van der Waals surface area (Å²) in [6.45, 7) is 4.03. The highest BCUT2D eigenvalue weighted by atomic mass is 16.5. The summed E-state index contributed by atoms with van der Waals surface area (Å²) >= 11 is 0. The molecule has 3 aromatic carbocycles. The van der Waals surface area contributed by atoms with Gasteiger partial charge in [0.25, 0.3) is 5.91 Å². The number of benzene rings is 3. The summed E-state index contributed by atoms with van der Waals surface area (Å²) in [5.41, 5.74) is 2.37. The van der Waals surface area contributed by atoms with Crippen molar-refractivity contribution in [2.45, 2.75) is 13.8 Å². The number of carbonyl (C=O) groups is 1. The van der Waals surface area contributed by atoms with E-state index in [1.807, 2.05) is 50.2 Å². The highest BCUT2D eigenvalue weighted by molar-refractivity contribution is 5.92. The number of carbonyl (C=O) groups excluding carboxylic acids is 1. The SMILES string of the molecule is CCOc1ccc(NC(=O)COc2c(-c3ccccc3)oc3ccc(C)cc3c2=O)cc1. The van der Waals surface area contributed by atoms with Crippen LogP contribution < -0.4 is 20.2 Å². The van der Waals surface area contributed by atoms with E-state index in [9.17, 15) is 9.59 Å². The van der Waals surface area contributed by atoms with Crippen molar-refractivity contribution < 1.29 is 18.7 Å². The molecule has 0 radical (unpaired) electrons. The molecule has 6 heteroatoms. The minimum Gasteiger partial charge on any atom is -0.494 e. The van der Waals surface area contributed by atoms with E-state index in [4.69, 9.17) is 13.9 Å². The molecule has 0 aliphatic rings. The Morgan fingerprint density at radius 1 is 0.969 bits per heavy atom. The second kappa shape index (κ2) is 9.39. The van der Waals surface area contributed by atoms with Gasteiger partial charge in [0, 0.05) is 11.3 Å². The Bertz CT molecular complexity index is 1290. The van der Waals surface area contributed by atoms with Gasteiger partial charge in [0.15, 0.2) is 12.4 Å². The fraction of sp³-hybridized carbons (Fsp3) is 0.154. The Labute approximate surface area is 185 Å². The molecular weight excluding hydrogens is 406 g/mol. The molecule has 4 rings (SSSR count). The molecule has 0 atom stereocenters. The van der Waals surface area contributed by atoms with Gasteiger partial charge < -0.3 is 19.2 Å².